The van der Waals surface area contributed by atoms with E-state index in [1.54, 1.807) is 11.1 Å². The first-order valence-electron chi connectivity index (χ1n) is 6.03. The molecular formula is C12H17N3O4. The molecule has 0 radical (unpaired) electrons. The van der Waals surface area contributed by atoms with Gasteiger partial charge in [0, 0.05) is 32.5 Å². The molecule has 1 atom stereocenters. The van der Waals surface area contributed by atoms with Crippen molar-refractivity contribution >= 4 is 5.91 Å². The quantitative estimate of drug-likeness (QED) is 0.754. The zero-order valence-electron chi connectivity index (χ0n) is 11.0. The van der Waals surface area contributed by atoms with Crippen LogP contribution in [0.1, 0.15) is 6.42 Å². The highest BCUT2D eigenvalue weighted by molar-refractivity contribution is 5.77. The number of carbonyl (C=O) groups excluding carboxylic acids is 1. The molecule has 1 saturated heterocycles. The molecule has 1 aromatic heterocycles. The highest BCUT2D eigenvalue weighted by Gasteiger charge is 2.28. The fraction of sp³-hybridized carbons (Fsp3) is 0.583. The molecule has 2 rings (SSSR count). The fourth-order valence-corrected chi connectivity index (χ4v) is 1.96. The van der Waals surface area contributed by atoms with Gasteiger partial charge in [0.1, 0.15) is 12.7 Å². The summed E-state index contributed by atoms with van der Waals surface area (Å²) in [6, 6.07) is 0. The second-order valence-electron chi connectivity index (χ2n) is 4.17. The lowest BCUT2D eigenvalue weighted by molar-refractivity contribution is -0.134. The first-order chi connectivity index (χ1) is 9.24. The number of rotatable bonds is 5. The smallest absolute Gasteiger partial charge is 0.278 e. The number of methoxy groups -OCH3 is 2. The van der Waals surface area contributed by atoms with Crippen molar-refractivity contribution in [2.45, 2.75) is 12.5 Å². The SMILES string of the molecule is COCC(=O)N1CCC(Oc2nccnc2OC)C1. The van der Waals surface area contributed by atoms with Gasteiger partial charge in [-0.25, -0.2) is 9.97 Å². The van der Waals surface area contributed by atoms with Crippen LogP contribution in [0.25, 0.3) is 0 Å². The van der Waals surface area contributed by atoms with E-state index >= 15 is 0 Å². The second-order valence-corrected chi connectivity index (χ2v) is 4.17. The standard InChI is InChI=1S/C12H17N3O4/c1-17-8-10(16)15-6-3-9(7-15)19-12-11(18-2)13-4-5-14-12/h4-5,9H,3,6-8H2,1-2H3. The minimum atomic E-state index is -0.0913. The number of likely N-dealkylation sites (tertiary alicyclic amines) is 1. The Morgan fingerprint density at radius 1 is 1.37 bits per heavy atom. The first-order valence-corrected chi connectivity index (χ1v) is 6.03. The summed E-state index contributed by atoms with van der Waals surface area (Å²) in [6.07, 6.45) is 3.75. The predicted molar refractivity (Wildman–Crippen MR) is 66.1 cm³/mol. The van der Waals surface area contributed by atoms with Crippen LogP contribution in [0.2, 0.25) is 0 Å². The van der Waals surface area contributed by atoms with E-state index in [1.165, 1.54) is 20.4 Å². The summed E-state index contributed by atoms with van der Waals surface area (Å²) in [5.41, 5.74) is 0. The van der Waals surface area contributed by atoms with Gasteiger partial charge in [-0.2, -0.15) is 0 Å². The van der Waals surface area contributed by atoms with Crippen molar-refractivity contribution in [3.63, 3.8) is 0 Å². The van der Waals surface area contributed by atoms with E-state index < -0.39 is 0 Å². The van der Waals surface area contributed by atoms with E-state index in [0.29, 0.717) is 24.8 Å². The highest BCUT2D eigenvalue weighted by Crippen LogP contribution is 2.23. The molecular weight excluding hydrogens is 250 g/mol. The van der Waals surface area contributed by atoms with Crippen molar-refractivity contribution < 1.29 is 19.0 Å². The molecule has 0 N–H and O–H groups in total. The predicted octanol–water partition coefficient (Wildman–Crippen LogP) is 0.111. The number of nitrogens with zero attached hydrogens (tertiary/aromatic N) is 3. The van der Waals surface area contributed by atoms with E-state index in [2.05, 4.69) is 9.97 Å². The van der Waals surface area contributed by atoms with Crippen LogP contribution in [0, 0.1) is 0 Å². The van der Waals surface area contributed by atoms with E-state index in [9.17, 15) is 4.79 Å². The van der Waals surface area contributed by atoms with Crippen LogP contribution in [0.15, 0.2) is 12.4 Å². The van der Waals surface area contributed by atoms with Crippen LogP contribution >= 0.6 is 0 Å². The number of hydrogen-bond donors (Lipinski definition) is 0. The Morgan fingerprint density at radius 2 is 2.11 bits per heavy atom. The third-order valence-corrected chi connectivity index (χ3v) is 2.87. The van der Waals surface area contributed by atoms with Gasteiger partial charge in [-0.15, -0.1) is 0 Å². The van der Waals surface area contributed by atoms with Crippen molar-refractivity contribution in [1.82, 2.24) is 14.9 Å². The lowest BCUT2D eigenvalue weighted by Crippen LogP contribution is -2.33. The normalized spacial score (nSPS) is 18.4. The molecule has 104 valence electrons. The minimum Gasteiger partial charge on any atom is -0.477 e. The maximum atomic E-state index is 11.7. The van der Waals surface area contributed by atoms with Crippen LogP contribution in [0.5, 0.6) is 11.8 Å². The van der Waals surface area contributed by atoms with Crippen molar-refractivity contribution in [1.29, 1.82) is 0 Å². The molecule has 1 aliphatic rings. The summed E-state index contributed by atoms with van der Waals surface area (Å²) in [7, 11) is 3.02. The van der Waals surface area contributed by atoms with Crippen molar-refractivity contribution in [2.75, 3.05) is 33.9 Å². The molecule has 7 nitrogen and oxygen atoms in total. The van der Waals surface area contributed by atoms with Gasteiger partial charge in [0.15, 0.2) is 0 Å². The average Bonchev–Trinajstić information content (AvgIpc) is 2.88. The van der Waals surface area contributed by atoms with Crippen molar-refractivity contribution in [3.8, 4) is 11.8 Å². The highest BCUT2D eigenvalue weighted by atomic mass is 16.5. The molecule has 1 unspecified atom stereocenters. The molecule has 0 spiro atoms. The maximum absolute atomic E-state index is 11.7. The number of amides is 1. The number of carbonyl (C=O) groups is 1. The minimum absolute atomic E-state index is 0.0280. The molecule has 1 amide bonds. The van der Waals surface area contributed by atoms with E-state index in [4.69, 9.17) is 14.2 Å². The molecule has 0 saturated carbocycles. The molecule has 19 heavy (non-hydrogen) atoms. The fourth-order valence-electron chi connectivity index (χ4n) is 1.96. The van der Waals surface area contributed by atoms with Gasteiger partial charge < -0.3 is 19.1 Å². The van der Waals surface area contributed by atoms with Gasteiger partial charge >= 0.3 is 0 Å². The van der Waals surface area contributed by atoms with Gasteiger partial charge in [-0.1, -0.05) is 0 Å². The van der Waals surface area contributed by atoms with Crippen LogP contribution in [0.3, 0.4) is 0 Å². The Kier molecular flexibility index (Phi) is 4.51. The lowest BCUT2D eigenvalue weighted by Gasteiger charge is -2.16. The summed E-state index contributed by atoms with van der Waals surface area (Å²) in [6.45, 7) is 1.29. The molecule has 0 bridgehead atoms. The maximum Gasteiger partial charge on any atom is 0.278 e. The van der Waals surface area contributed by atoms with E-state index in [1.807, 2.05) is 0 Å². The summed E-state index contributed by atoms with van der Waals surface area (Å²) < 4.78 is 15.6. The molecule has 1 aromatic rings. The zero-order valence-corrected chi connectivity index (χ0v) is 11.0. The van der Waals surface area contributed by atoms with Gasteiger partial charge in [-0.3, -0.25) is 4.79 Å². The third-order valence-electron chi connectivity index (χ3n) is 2.87. The Morgan fingerprint density at radius 3 is 2.79 bits per heavy atom. The Bertz CT molecular complexity index is 441. The summed E-state index contributed by atoms with van der Waals surface area (Å²) in [5, 5.41) is 0. The zero-order chi connectivity index (χ0) is 13.7. The topological polar surface area (TPSA) is 73.8 Å². The van der Waals surface area contributed by atoms with Crippen LogP contribution in [-0.2, 0) is 9.53 Å². The second kappa shape index (κ2) is 6.33. The van der Waals surface area contributed by atoms with Gasteiger partial charge in [-0.05, 0) is 0 Å². The Balaban J connectivity index is 1.93. The van der Waals surface area contributed by atoms with Gasteiger partial charge in [0.2, 0.25) is 5.91 Å². The molecule has 1 aliphatic heterocycles. The molecule has 7 heteroatoms. The monoisotopic (exact) mass is 267 g/mol. The summed E-state index contributed by atoms with van der Waals surface area (Å²) >= 11 is 0. The van der Waals surface area contributed by atoms with Crippen molar-refractivity contribution in [3.05, 3.63) is 12.4 Å². The van der Waals surface area contributed by atoms with E-state index in [0.717, 1.165) is 6.42 Å². The first kappa shape index (κ1) is 13.5. The van der Waals surface area contributed by atoms with Crippen LogP contribution in [-0.4, -0.2) is 60.8 Å². The third kappa shape index (κ3) is 3.31. The molecule has 1 fully saturated rings. The van der Waals surface area contributed by atoms with Crippen molar-refractivity contribution in [2.24, 2.45) is 0 Å². The Hall–Kier alpha value is -1.89. The summed E-state index contributed by atoms with van der Waals surface area (Å²) in [5.74, 6) is 0.680. The van der Waals surface area contributed by atoms with Gasteiger partial charge in [0.25, 0.3) is 11.8 Å². The average molecular weight is 267 g/mol. The largest absolute Gasteiger partial charge is 0.477 e. The van der Waals surface area contributed by atoms with Gasteiger partial charge in [0.05, 0.1) is 13.7 Å². The number of ether oxygens (including phenoxy) is 3. The van der Waals surface area contributed by atoms with Crippen LogP contribution in [0.4, 0.5) is 0 Å². The lowest BCUT2D eigenvalue weighted by atomic mass is 10.3. The molecule has 0 aromatic carbocycles. The number of aromatic nitrogens is 2. The number of hydrogen-bond acceptors (Lipinski definition) is 6. The molecule has 0 aliphatic carbocycles. The summed E-state index contributed by atoms with van der Waals surface area (Å²) in [4.78, 5) is 21.5. The van der Waals surface area contributed by atoms with E-state index in [-0.39, 0.29) is 18.6 Å². The van der Waals surface area contributed by atoms with Crippen LogP contribution < -0.4 is 9.47 Å². The molecule has 2 heterocycles. The Labute approximate surface area is 111 Å².